The zero-order valence-electron chi connectivity index (χ0n) is 6.57. The highest BCUT2D eigenvalue weighted by atomic mass is 35.5. The van der Waals surface area contributed by atoms with Crippen molar-refractivity contribution in [3.05, 3.63) is 29.4 Å². The lowest BCUT2D eigenvalue weighted by Crippen LogP contribution is -1.81. The van der Waals surface area contributed by atoms with Gasteiger partial charge in [-0.3, -0.25) is 4.98 Å². The van der Waals surface area contributed by atoms with Gasteiger partial charge >= 0.3 is 0 Å². The molecule has 5 heteroatoms. The summed E-state index contributed by atoms with van der Waals surface area (Å²) >= 11 is 5.67. The van der Waals surface area contributed by atoms with Gasteiger partial charge in [0.25, 0.3) is 0 Å². The van der Waals surface area contributed by atoms with Crippen molar-refractivity contribution in [2.24, 2.45) is 0 Å². The standard InChI is InChI=1S/C8H6ClN3O/c9-5-1-2-6(11-4-5)7-3-8(10)13-12-7/h1-4H,10H2. The monoisotopic (exact) mass is 195 g/mol. The Morgan fingerprint density at radius 3 is 2.69 bits per heavy atom. The van der Waals surface area contributed by atoms with Crippen molar-refractivity contribution in [3.63, 3.8) is 0 Å². The fourth-order valence-electron chi connectivity index (χ4n) is 0.937. The van der Waals surface area contributed by atoms with Gasteiger partial charge in [-0.2, -0.15) is 0 Å². The lowest BCUT2D eigenvalue weighted by Gasteiger charge is -1.92. The largest absolute Gasteiger partial charge is 0.368 e. The third kappa shape index (κ3) is 1.62. The van der Waals surface area contributed by atoms with E-state index in [1.54, 1.807) is 24.4 Å². The van der Waals surface area contributed by atoms with Gasteiger partial charge in [-0.25, -0.2) is 0 Å². The third-order valence-corrected chi connectivity index (χ3v) is 1.74. The maximum Gasteiger partial charge on any atom is 0.222 e. The quantitative estimate of drug-likeness (QED) is 0.756. The molecule has 4 nitrogen and oxygen atoms in total. The minimum Gasteiger partial charge on any atom is -0.368 e. The minimum atomic E-state index is 0.270. The van der Waals surface area contributed by atoms with Crippen molar-refractivity contribution in [3.8, 4) is 11.4 Å². The van der Waals surface area contributed by atoms with Crippen molar-refractivity contribution in [2.75, 3.05) is 5.73 Å². The van der Waals surface area contributed by atoms with Crippen LogP contribution in [0.5, 0.6) is 0 Å². The van der Waals surface area contributed by atoms with E-state index in [9.17, 15) is 0 Å². The van der Waals surface area contributed by atoms with E-state index < -0.39 is 0 Å². The van der Waals surface area contributed by atoms with E-state index in [0.29, 0.717) is 16.4 Å². The molecule has 0 atom stereocenters. The molecular formula is C8H6ClN3O. The Morgan fingerprint density at radius 2 is 2.15 bits per heavy atom. The smallest absolute Gasteiger partial charge is 0.222 e. The highest BCUT2D eigenvalue weighted by Gasteiger charge is 2.04. The topological polar surface area (TPSA) is 64.9 Å². The molecule has 0 fully saturated rings. The number of anilines is 1. The summed E-state index contributed by atoms with van der Waals surface area (Å²) in [6.45, 7) is 0. The van der Waals surface area contributed by atoms with Gasteiger partial charge in [-0.1, -0.05) is 16.8 Å². The number of aromatic nitrogens is 2. The molecule has 66 valence electrons. The molecule has 0 unspecified atom stereocenters. The van der Waals surface area contributed by atoms with Crippen LogP contribution in [0.3, 0.4) is 0 Å². The minimum absolute atomic E-state index is 0.270. The van der Waals surface area contributed by atoms with Gasteiger partial charge in [0, 0.05) is 12.3 Å². The van der Waals surface area contributed by atoms with E-state index in [-0.39, 0.29) is 5.88 Å². The molecular weight excluding hydrogens is 190 g/mol. The fraction of sp³-hybridized carbons (Fsp3) is 0. The van der Waals surface area contributed by atoms with Crippen LogP contribution in [0.1, 0.15) is 0 Å². The molecule has 2 rings (SSSR count). The van der Waals surface area contributed by atoms with Crippen molar-refractivity contribution in [1.29, 1.82) is 0 Å². The molecule has 0 aliphatic carbocycles. The second-order valence-electron chi connectivity index (χ2n) is 2.48. The number of nitrogens with zero attached hydrogens (tertiary/aromatic N) is 2. The summed E-state index contributed by atoms with van der Waals surface area (Å²) in [6.07, 6.45) is 1.54. The number of rotatable bonds is 1. The Balaban J connectivity index is 2.41. The Labute approximate surface area is 79.3 Å². The van der Waals surface area contributed by atoms with Crippen LogP contribution in [-0.2, 0) is 0 Å². The van der Waals surface area contributed by atoms with Gasteiger partial charge < -0.3 is 10.3 Å². The van der Waals surface area contributed by atoms with E-state index in [1.165, 1.54) is 0 Å². The molecule has 0 bridgehead atoms. The first-order valence-corrected chi connectivity index (χ1v) is 3.97. The molecule has 0 amide bonds. The van der Waals surface area contributed by atoms with Gasteiger partial charge in [-0.15, -0.1) is 0 Å². The van der Waals surface area contributed by atoms with Crippen molar-refractivity contribution >= 4 is 17.5 Å². The van der Waals surface area contributed by atoms with Crippen LogP contribution in [0, 0.1) is 0 Å². The number of nitrogens with two attached hydrogens (primary N) is 1. The van der Waals surface area contributed by atoms with E-state index in [1.807, 2.05) is 0 Å². The van der Waals surface area contributed by atoms with Crippen LogP contribution in [0.2, 0.25) is 5.02 Å². The number of pyridine rings is 1. The van der Waals surface area contributed by atoms with E-state index >= 15 is 0 Å². The summed E-state index contributed by atoms with van der Waals surface area (Å²) in [5.74, 6) is 0.270. The second kappa shape index (κ2) is 3.06. The predicted molar refractivity (Wildman–Crippen MR) is 49.2 cm³/mol. The highest BCUT2D eigenvalue weighted by molar-refractivity contribution is 6.30. The maximum atomic E-state index is 5.67. The first kappa shape index (κ1) is 8.07. The lowest BCUT2D eigenvalue weighted by atomic mass is 10.3. The molecule has 0 aromatic carbocycles. The summed E-state index contributed by atoms with van der Waals surface area (Å²) in [5, 5.41) is 4.29. The van der Waals surface area contributed by atoms with E-state index in [2.05, 4.69) is 10.1 Å². The molecule has 0 aliphatic rings. The predicted octanol–water partition coefficient (Wildman–Crippen LogP) is 1.97. The van der Waals surface area contributed by atoms with Gasteiger partial charge in [0.2, 0.25) is 5.88 Å². The van der Waals surface area contributed by atoms with Gasteiger partial charge in [0.05, 0.1) is 10.7 Å². The number of hydrogen-bond donors (Lipinski definition) is 1. The van der Waals surface area contributed by atoms with Crippen LogP contribution in [0.25, 0.3) is 11.4 Å². The summed E-state index contributed by atoms with van der Waals surface area (Å²) in [6, 6.07) is 5.09. The van der Waals surface area contributed by atoms with Crippen LogP contribution in [0.15, 0.2) is 28.9 Å². The van der Waals surface area contributed by atoms with Gasteiger partial charge in [-0.05, 0) is 12.1 Å². The molecule has 0 spiro atoms. The van der Waals surface area contributed by atoms with Crippen molar-refractivity contribution in [2.45, 2.75) is 0 Å². The normalized spacial score (nSPS) is 10.2. The average Bonchev–Trinajstić information content (AvgIpc) is 2.53. The molecule has 2 N–H and O–H groups in total. The lowest BCUT2D eigenvalue weighted by molar-refractivity contribution is 0.439. The third-order valence-electron chi connectivity index (χ3n) is 1.52. The molecule has 0 radical (unpaired) electrons. The molecule has 0 aliphatic heterocycles. The summed E-state index contributed by atoms with van der Waals surface area (Å²) in [7, 11) is 0. The second-order valence-corrected chi connectivity index (χ2v) is 2.91. The zero-order valence-corrected chi connectivity index (χ0v) is 7.32. The molecule has 0 saturated heterocycles. The first-order chi connectivity index (χ1) is 6.25. The van der Waals surface area contributed by atoms with Crippen LogP contribution >= 0.6 is 11.6 Å². The van der Waals surface area contributed by atoms with E-state index in [0.717, 1.165) is 0 Å². The van der Waals surface area contributed by atoms with Crippen molar-refractivity contribution in [1.82, 2.24) is 10.1 Å². The van der Waals surface area contributed by atoms with Crippen LogP contribution < -0.4 is 5.73 Å². The summed E-state index contributed by atoms with van der Waals surface area (Å²) in [5.41, 5.74) is 6.65. The fourth-order valence-corrected chi connectivity index (χ4v) is 1.05. The van der Waals surface area contributed by atoms with Gasteiger partial charge in [0.15, 0.2) is 0 Å². The number of nitrogen functional groups attached to an aromatic ring is 1. The summed E-state index contributed by atoms with van der Waals surface area (Å²) in [4.78, 5) is 4.05. The Bertz CT molecular complexity index is 410. The van der Waals surface area contributed by atoms with E-state index in [4.69, 9.17) is 21.9 Å². The number of halogens is 1. The summed E-state index contributed by atoms with van der Waals surface area (Å²) < 4.78 is 4.70. The molecule has 2 aromatic heterocycles. The Morgan fingerprint density at radius 1 is 1.31 bits per heavy atom. The van der Waals surface area contributed by atoms with Crippen molar-refractivity contribution < 1.29 is 4.52 Å². The zero-order chi connectivity index (χ0) is 9.26. The van der Waals surface area contributed by atoms with Crippen LogP contribution in [-0.4, -0.2) is 10.1 Å². The number of hydrogen-bond acceptors (Lipinski definition) is 4. The molecule has 13 heavy (non-hydrogen) atoms. The molecule has 2 aromatic rings. The maximum absolute atomic E-state index is 5.67. The Hall–Kier alpha value is -1.55. The SMILES string of the molecule is Nc1cc(-c2ccc(Cl)cn2)no1. The van der Waals surface area contributed by atoms with Crippen LogP contribution in [0.4, 0.5) is 5.88 Å². The van der Waals surface area contributed by atoms with Gasteiger partial charge in [0.1, 0.15) is 5.69 Å². The first-order valence-electron chi connectivity index (χ1n) is 3.60. The highest BCUT2D eigenvalue weighted by Crippen LogP contribution is 2.18. The Kier molecular flexibility index (Phi) is 1.90. The molecule has 2 heterocycles. The average molecular weight is 196 g/mol. The molecule has 0 saturated carbocycles.